The van der Waals surface area contributed by atoms with E-state index in [2.05, 4.69) is 20.6 Å². The third-order valence-corrected chi connectivity index (χ3v) is 5.28. The van der Waals surface area contributed by atoms with Gasteiger partial charge in [-0.1, -0.05) is 29.8 Å². The zero-order chi connectivity index (χ0) is 20.9. The molecule has 0 bridgehead atoms. The number of hydrazine groups is 1. The third-order valence-electron chi connectivity index (χ3n) is 3.90. The minimum atomic E-state index is -3.88. The van der Waals surface area contributed by atoms with Crippen LogP contribution in [0.3, 0.4) is 0 Å². The first-order valence-electron chi connectivity index (χ1n) is 8.56. The zero-order valence-corrected chi connectivity index (χ0v) is 16.2. The number of pyridine rings is 1. The Morgan fingerprint density at radius 2 is 1.59 bits per heavy atom. The van der Waals surface area contributed by atoms with E-state index in [9.17, 15) is 18.0 Å². The molecule has 148 valence electrons. The van der Waals surface area contributed by atoms with E-state index in [-0.39, 0.29) is 16.2 Å². The van der Waals surface area contributed by atoms with Crippen molar-refractivity contribution >= 4 is 27.5 Å². The van der Waals surface area contributed by atoms with E-state index in [1.54, 1.807) is 36.4 Å². The molecule has 9 heteroatoms. The first-order chi connectivity index (χ1) is 13.8. The monoisotopic (exact) mass is 410 g/mol. The lowest BCUT2D eigenvalue weighted by Crippen LogP contribution is -2.42. The van der Waals surface area contributed by atoms with E-state index in [4.69, 9.17) is 0 Å². The molecule has 0 fully saturated rings. The Bertz CT molecular complexity index is 1130. The molecule has 0 saturated carbocycles. The molecule has 2 amide bonds. The fraction of sp³-hybridized carbons (Fsp3) is 0.0500. The minimum Gasteiger partial charge on any atom is -0.280 e. The molecule has 0 aliphatic carbocycles. The molecule has 3 aromatic rings. The molecule has 0 atom stereocenters. The number of carbonyl (C=O) groups excluding carboxylic acids is 2. The van der Waals surface area contributed by atoms with E-state index in [1.165, 1.54) is 36.5 Å². The molecule has 0 saturated heterocycles. The highest BCUT2D eigenvalue weighted by molar-refractivity contribution is 7.92. The fourth-order valence-corrected chi connectivity index (χ4v) is 3.49. The van der Waals surface area contributed by atoms with Gasteiger partial charge in [-0.15, -0.1) is 0 Å². The molecule has 2 aromatic carbocycles. The number of aryl methyl sites for hydroxylation is 1. The second-order valence-electron chi connectivity index (χ2n) is 6.12. The Morgan fingerprint density at radius 1 is 0.862 bits per heavy atom. The second-order valence-corrected chi connectivity index (χ2v) is 7.80. The molecule has 0 aliphatic rings. The molecule has 0 radical (unpaired) electrons. The van der Waals surface area contributed by atoms with E-state index in [0.29, 0.717) is 5.69 Å². The number of rotatable bonds is 5. The van der Waals surface area contributed by atoms with Gasteiger partial charge in [0.2, 0.25) is 0 Å². The highest BCUT2D eigenvalue weighted by Gasteiger charge is 2.17. The first-order valence-corrected chi connectivity index (χ1v) is 10.0. The van der Waals surface area contributed by atoms with Gasteiger partial charge in [0.1, 0.15) is 5.69 Å². The molecule has 0 unspecified atom stereocenters. The lowest BCUT2D eigenvalue weighted by atomic mass is 10.2. The number of anilines is 1. The number of benzene rings is 2. The summed E-state index contributed by atoms with van der Waals surface area (Å²) < 4.78 is 27.6. The molecular weight excluding hydrogens is 392 g/mol. The van der Waals surface area contributed by atoms with Gasteiger partial charge in [0.25, 0.3) is 21.8 Å². The summed E-state index contributed by atoms with van der Waals surface area (Å²) in [4.78, 5) is 28.0. The molecule has 8 nitrogen and oxygen atoms in total. The third kappa shape index (κ3) is 5.17. The Balaban J connectivity index is 1.70. The molecule has 3 N–H and O–H groups in total. The molecule has 3 rings (SSSR count). The van der Waals surface area contributed by atoms with Crippen molar-refractivity contribution in [2.24, 2.45) is 0 Å². The van der Waals surface area contributed by atoms with Gasteiger partial charge in [0.15, 0.2) is 0 Å². The van der Waals surface area contributed by atoms with Gasteiger partial charge in [-0.05, 0) is 49.4 Å². The van der Waals surface area contributed by atoms with Crippen LogP contribution in [0, 0.1) is 6.92 Å². The van der Waals surface area contributed by atoms with E-state index in [1.807, 2.05) is 6.92 Å². The average molecular weight is 410 g/mol. The zero-order valence-electron chi connectivity index (χ0n) is 15.4. The van der Waals surface area contributed by atoms with Crippen LogP contribution in [0.25, 0.3) is 0 Å². The van der Waals surface area contributed by atoms with Crippen molar-refractivity contribution in [2.75, 3.05) is 4.72 Å². The number of sulfonamides is 1. The van der Waals surface area contributed by atoms with Crippen molar-refractivity contribution in [1.29, 1.82) is 0 Å². The Hall–Kier alpha value is -3.72. The van der Waals surface area contributed by atoms with E-state index < -0.39 is 21.8 Å². The summed E-state index contributed by atoms with van der Waals surface area (Å²) in [7, 11) is -3.88. The van der Waals surface area contributed by atoms with Gasteiger partial charge in [0, 0.05) is 17.4 Å². The number of hydrogen-bond acceptors (Lipinski definition) is 5. The number of hydrogen-bond donors (Lipinski definition) is 3. The van der Waals surface area contributed by atoms with E-state index in [0.717, 1.165) is 5.56 Å². The predicted octanol–water partition coefficient (Wildman–Crippen LogP) is 2.27. The summed E-state index contributed by atoms with van der Waals surface area (Å²) in [5.74, 6) is -1.26. The van der Waals surface area contributed by atoms with Crippen molar-refractivity contribution in [3.63, 3.8) is 0 Å². The summed E-state index contributed by atoms with van der Waals surface area (Å²) in [6.07, 6.45) is 1.45. The highest BCUT2D eigenvalue weighted by Crippen LogP contribution is 2.17. The van der Waals surface area contributed by atoms with Crippen LogP contribution in [0.2, 0.25) is 0 Å². The maximum absolute atomic E-state index is 12.6. The lowest BCUT2D eigenvalue weighted by molar-refractivity contribution is 0.0844. The Kier molecular flexibility index (Phi) is 5.89. The van der Waals surface area contributed by atoms with Crippen molar-refractivity contribution in [2.45, 2.75) is 11.8 Å². The number of carbonyl (C=O) groups is 2. The van der Waals surface area contributed by atoms with Crippen LogP contribution in [-0.2, 0) is 10.0 Å². The number of amides is 2. The summed E-state index contributed by atoms with van der Waals surface area (Å²) in [5, 5.41) is 0. The van der Waals surface area contributed by atoms with Gasteiger partial charge >= 0.3 is 0 Å². The minimum absolute atomic E-state index is 0.0677. The molecule has 0 aliphatic heterocycles. The largest absolute Gasteiger partial charge is 0.288 e. The maximum Gasteiger partial charge on any atom is 0.288 e. The van der Waals surface area contributed by atoms with Crippen molar-refractivity contribution in [3.05, 3.63) is 89.7 Å². The highest BCUT2D eigenvalue weighted by atomic mass is 32.2. The Labute approximate surface area is 168 Å². The Morgan fingerprint density at radius 3 is 2.28 bits per heavy atom. The summed E-state index contributed by atoms with van der Waals surface area (Å²) >= 11 is 0. The quantitative estimate of drug-likeness (QED) is 0.558. The molecular formula is C20H18N4O4S. The molecule has 1 heterocycles. The molecule has 29 heavy (non-hydrogen) atoms. The number of nitrogens with zero attached hydrogens (tertiary/aromatic N) is 1. The first kappa shape index (κ1) is 20.0. The van der Waals surface area contributed by atoms with Crippen molar-refractivity contribution < 1.29 is 18.0 Å². The predicted molar refractivity (Wildman–Crippen MR) is 108 cm³/mol. The van der Waals surface area contributed by atoms with Crippen LogP contribution in [0.5, 0.6) is 0 Å². The van der Waals surface area contributed by atoms with Crippen LogP contribution in [0.4, 0.5) is 5.69 Å². The van der Waals surface area contributed by atoms with Gasteiger partial charge in [-0.3, -0.25) is 30.1 Å². The van der Waals surface area contributed by atoms with Gasteiger partial charge in [-0.25, -0.2) is 8.42 Å². The average Bonchev–Trinajstić information content (AvgIpc) is 2.74. The van der Waals surface area contributed by atoms with Crippen molar-refractivity contribution in [3.8, 4) is 0 Å². The molecule has 0 spiro atoms. The second kappa shape index (κ2) is 8.53. The van der Waals surface area contributed by atoms with Crippen LogP contribution in [0.1, 0.15) is 26.4 Å². The fourth-order valence-electron chi connectivity index (χ4n) is 2.39. The summed E-state index contributed by atoms with van der Waals surface area (Å²) in [6, 6.07) is 17.1. The molecule has 1 aromatic heterocycles. The number of aromatic nitrogens is 1. The SMILES string of the molecule is Cc1ccc(NS(=O)(=O)c2cccc(C(=O)NNC(=O)c3ccccn3)c2)cc1. The maximum atomic E-state index is 12.6. The van der Waals surface area contributed by atoms with Crippen LogP contribution in [0.15, 0.2) is 77.8 Å². The topological polar surface area (TPSA) is 117 Å². The normalized spacial score (nSPS) is 10.8. The van der Waals surface area contributed by atoms with Crippen LogP contribution < -0.4 is 15.6 Å². The lowest BCUT2D eigenvalue weighted by Gasteiger charge is -2.10. The van der Waals surface area contributed by atoms with Crippen molar-refractivity contribution in [1.82, 2.24) is 15.8 Å². The van der Waals surface area contributed by atoms with E-state index >= 15 is 0 Å². The number of nitrogens with one attached hydrogen (secondary N) is 3. The smallest absolute Gasteiger partial charge is 0.280 e. The van der Waals surface area contributed by atoms with Gasteiger partial charge in [0.05, 0.1) is 4.90 Å². The standard InChI is InChI=1S/C20H18N4O4S/c1-14-8-10-16(11-9-14)24-29(27,28)17-6-4-5-15(13-17)19(25)22-23-20(26)18-7-2-3-12-21-18/h2-13,24H,1H3,(H,22,25)(H,23,26). The van der Waals surface area contributed by atoms with Gasteiger partial charge in [-0.2, -0.15) is 0 Å². The summed E-state index contributed by atoms with van der Waals surface area (Å²) in [5.41, 5.74) is 6.08. The van der Waals surface area contributed by atoms with Crippen LogP contribution in [-0.4, -0.2) is 25.2 Å². The van der Waals surface area contributed by atoms with Gasteiger partial charge < -0.3 is 0 Å². The summed E-state index contributed by atoms with van der Waals surface area (Å²) in [6.45, 7) is 1.90. The van der Waals surface area contributed by atoms with Crippen LogP contribution >= 0.6 is 0 Å².